The maximum Gasteiger partial charge on any atom is 0.375 e. The number of oxime groups is 2. The van der Waals surface area contributed by atoms with Gasteiger partial charge in [0.25, 0.3) is 35.4 Å². The van der Waals surface area contributed by atoms with Crippen LogP contribution in [0.2, 0.25) is 0 Å². The number of anilines is 1. The number of esters is 4. The number of carbonyl (C=O) groups excluding carboxylic acids is 12. The first kappa shape index (κ1) is 86.8. The Morgan fingerprint density at radius 1 is 0.520 bits per heavy atom. The van der Waals surface area contributed by atoms with Crippen LogP contribution in [0.4, 0.5) is 5.13 Å². The summed E-state index contributed by atoms with van der Waals surface area (Å²) in [5.41, 5.74) is -5.53. The number of thiazole rings is 2. The molecule has 6 N–H and O–H groups in total. The molecule has 0 radical (unpaired) electrons. The van der Waals surface area contributed by atoms with Gasteiger partial charge in [0.1, 0.15) is 34.7 Å². The number of imide groups is 2. The molecule has 6 atom stereocenters. The zero-order valence-corrected chi connectivity index (χ0v) is 70.1. The number of phenolic OH excluding ortho intramolecular Hbond substituents is 2. The minimum atomic E-state index is -2.87. The van der Waals surface area contributed by atoms with E-state index in [2.05, 4.69) is 34.1 Å². The number of cyclic esters (lactones) is 2. The number of carboxylic acid groups (broad SMARTS) is 2. The number of hydrogen-bond donors (Lipinski definition) is 5. The van der Waals surface area contributed by atoms with Crippen molar-refractivity contribution in [1.82, 2.24) is 29.9 Å². The Balaban J connectivity index is 0.000000213. The maximum absolute atomic E-state index is 14.5. The number of ketones is 2. The van der Waals surface area contributed by atoms with Crippen LogP contribution in [0, 0.1) is 29.6 Å². The first-order valence-corrected chi connectivity index (χ1v) is 41.0. The van der Waals surface area contributed by atoms with Gasteiger partial charge in [-0.2, -0.15) is 10.1 Å². The number of nitrogen functional groups attached to an aromatic ring is 1. The molecule has 2 aromatic heterocycles. The molecule has 9 aliphatic rings. The molecule has 9 heterocycles. The van der Waals surface area contributed by atoms with E-state index in [1.807, 2.05) is 74.5 Å². The number of benzene rings is 4. The van der Waals surface area contributed by atoms with E-state index in [0.29, 0.717) is 56.7 Å². The lowest BCUT2D eigenvalue weighted by atomic mass is 9.71. The van der Waals surface area contributed by atoms with E-state index < -0.39 is 202 Å². The number of aromatic nitrogens is 2. The van der Waals surface area contributed by atoms with Crippen LogP contribution in [0.5, 0.6) is 23.0 Å². The summed E-state index contributed by atoms with van der Waals surface area (Å²) in [6.07, 6.45) is -0.0000857. The number of ether oxygens (including phenoxy) is 6. The molecule has 6 fully saturated rings. The minimum absolute atomic E-state index is 0.0528. The minimum Gasteiger partial charge on any atom is -0.504 e. The van der Waals surface area contributed by atoms with Crippen LogP contribution in [0.1, 0.15) is 215 Å². The average molecular weight is 1730 g/mol. The molecule has 6 aromatic rings. The molecule has 123 heavy (non-hydrogen) atoms. The third-order valence-corrected chi connectivity index (χ3v) is 24.1. The summed E-state index contributed by atoms with van der Waals surface area (Å²) in [4.78, 5) is 224. The summed E-state index contributed by atoms with van der Waals surface area (Å²) >= 11 is 2.21. The summed E-state index contributed by atoms with van der Waals surface area (Å²) in [6.45, 7) is 18.8. The lowest BCUT2D eigenvalue weighted by Gasteiger charge is -2.40. The van der Waals surface area contributed by atoms with Crippen LogP contribution >= 0.6 is 22.7 Å². The fourth-order valence-electron chi connectivity index (χ4n) is 15.7. The summed E-state index contributed by atoms with van der Waals surface area (Å²) < 4.78 is 35.5. The van der Waals surface area contributed by atoms with E-state index in [1.54, 1.807) is 53.8 Å². The molecule has 2 aliphatic carbocycles. The smallest absolute Gasteiger partial charge is 0.375 e. The zero-order valence-electron chi connectivity index (χ0n) is 68.5. The molecule has 4 saturated heterocycles. The van der Waals surface area contributed by atoms with Gasteiger partial charge < -0.3 is 64.3 Å². The summed E-state index contributed by atoms with van der Waals surface area (Å²) in [6, 6.07) is 19.1. The number of Topliss-reactive ketones (excluding diaryl/α,β-unsaturated/α-hetero) is 2. The molecule has 2 unspecified atom stereocenters. The number of hydroxylamine groups is 4. The molecule has 0 spiro atoms. The number of aliphatic carboxylic acids is 2. The number of nitrogens with zero attached hydrogens (tertiary/aromatic N) is 8. The van der Waals surface area contributed by atoms with Crippen LogP contribution in [0.15, 0.2) is 106 Å². The van der Waals surface area contributed by atoms with E-state index >= 15 is 0 Å². The molecule has 0 bridgehead atoms. The predicted molar refractivity (Wildman–Crippen MR) is 424 cm³/mol. The van der Waals surface area contributed by atoms with Gasteiger partial charge in [-0.1, -0.05) is 98.7 Å². The Morgan fingerprint density at radius 2 is 0.911 bits per heavy atom. The van der Waals surface area contributed by atoms with E-state index in [4.69, 9.17) is 53.5 Å². The molecule has 39 heteroatoms. The molecule has 7 aliphatic heterocycles. The molecule has 15 rings (SSSR count). The normalized spacial score (nSPS) is 24.2. The van der Waals surface area contributed by atoms with E-state index in [0.717, 1.165) is 23.5 Å². The quantitative estimate of drug-likeness (QED) is 0.0106. The highest BCUT2D eigenvalue weighted by atomic mass is 32.1. The van der Waals surface area contributed by atoms with E-state index in [-0.39, 0.29) is 97.6 Å². The Hall–Kier alpha value is -12.6. The first-order chi connectivity index (χ1) is 57.7. The number of rotatable bonds is 22. The molecule has 6 amide bonds. The molecular formula is C84H87N9O28S2. The van der Waals surface area contributed by atoms with Gasteiger partial charge >= 0.3 is 53.1 Å². The fourth-order valence-corrected chi connectivity index (χ4v) is 16.9. The number of phenols is 2. The number of carboxylic acids is 2. The molecule has 37 nitrogen and oxygen atoms in total. The van der Waals surface area contributed by atoms with Gasteiger partial charge in [-0.3, -0.25) is 57.8 Å². The van der Waals surface area contributed by atoms with E-state index in [9.17, 15) is 87.5 Å². The number of aromatic hydroxyl groups is 2. The summed E-state index contributed by atoms with van der Waals surface area (Å²) in [5, 5.41) is 52.6. The van der Waals surface area contributed by atoms with Crippen molar-refractivity contribution in [2.45, 2.75) is 205 Å². The SMILES string of the molecule is CC1(C)CCC(O/N=C(\C(=O)C[C@H]2CON(C3(C(=O)O)C[C@H](N4C(=O)c5cc(O)c(O)cc5C4=O)C(=O)O3)C2=O)c2csc(N)n2)(C(=O)O)CC1.Cc1nc(/C(=N/OC2(C(=O)OC(C)(C)C)CCC(C)(C)CC2)C(=O)C[C@H]2CON(C3(C(=O)OC(C)(C)C)C[C@H](N4C(=O)c5cc6c(cc5C4=O)OC(c4ccccc4)(c4ccccc4)O6)C(=O)O3)C2=O)cs1. The number of aryl methyl sites for hydroxylation is 1. The Kier molecular flexibility index (Phi) is 22.3. The number of fused-ring (bicyclic) bond motifs is 3. The van der Waals surface area contributed by atoms with Gasteiger partial charge in [-0.05, 0) is 109 Å². The molecular weight excluding hydrogens is 1650 g/mol. The van der Waals surface area contributed by atoms with Gasteiger partial charge in [0, 0.05) is 60.4 Å². The maximum atomic E-state index is 14.5. The molecule has 4 aromatic carbocycles. The van der Waals surface area contributed by atoms with Gasteiger partial charge in [0.05, 0.1) is 65.2 Å². The van der Waals surface area contributed by atoms with Crippen molar-refractivity contribution in [2.75, 3.05) is 18.9 Å². The van der Waals surface area contributed by atoms with Gasteiger partial charge in [0.2, 0.25) is 11.2 Å². The highest BCUT2D eigenvalue weighted by Crippen LogP contribution is 2.52. The first-order valence-electron chi connectivity index (χ1n) is 39.3. The topological polar surface area (TPSA) is 502 Å². The highest BCUT2D eigenvalue weighted by Gasteiger charge is 2.68. The second kappa shape index (κ2) is 31.7. The Labute approximate surface area is 709 Å². The van der Waals surface area contributed by atoms with Crippen LogP contribution in [-0.2, 0) is 92.0 Å². The van der Waals surface area contributed by atoms with Gasteiger partial charge in [-0.15, -0.1) is 22.7 Å². The van der Waals surface area contributed by atoms with Crippen molar-refractivity contribution in [1.29, 1.82) is 0 Å². The average Bonchev–Trinajstić information content (AvgIpc) is 1.56. The molecule has 2 saturated carbocycles. The Morgan fingerprint density at radius 3 is 1.32 bits per heavy atom. The van der Waals surface area contributed by atoms with Crippen LogP contribution in [0.25, 0.3) is 0 Å². The number of amides is 6. The largest absolute Gasteiger partial charge is 0.504 e. The number of carbonyl (C=O) groups is 14. The van der Waals surface area contributed by atoms with Crippen molar-refractivity contribution in [3.8, 4) is 23.0 Å². The second-order valence-corrected chi connectivity index (χ2v) is 36.9. The van der Waals surface area contributed by atoms with Crippen molar-refractivity contribution < 1.29 is 135 Å². The fraction of sp³-hybridized carbons (Fsp3) is 0.452. The third-order valence-electron chi connectivity index (χ3n) is 22.7. The van der Waals surface area contributed by atoms with Crippen molar-refractivity contribution >= 4 is 122 Å². The summed E-state index contributed by atoms with van der Waals surface area (Å²) in [5.74, 6) is -20.4. The highest BCUT2D eigenvalue weighted by molar-refractivity contribution is 7.13. The monoisotopic (exact) mass is 1730 g/mol. The standard InChI is InChI=1S/C53H56N4O14S.C31H31N5O14S/c1-30-54-36(29-72-30)41(55-71-51(46(63)69-48(2,3)4)22-20-50(8,9)21-23-51)38(58)24-31-28-65-57(42(31)59)52(47(64)70-49(5,6)7)27-37(45(62)68-52)56-43(60)34-25-39-40(26-35(34)44(56)61)67-53(66-39,32-16-12-10-13-17-32)33-18-14-11-15-19-33;1-29(2)3-5-30(6-4-29,26(44)45)50-34-21(16-12-51-28(32)33-16)20(39)7-13-11-48-36(22(13)40)31(27(46)47)10-17(25(43)49-31)35-23(41)14-8-18(37)19(38)9-15(14)24(35)42/h10-19,25-26,29,31,37H,20-24,27-28H2,1-9H3;8-9,12-13,17,37-38H,3-7,10-11H2,1-2H3,(H2,32,33)(H,44,45)(H,46,47)/b55-41-;34-21-/t31-,37-,52?;13-,17-,31?/m00/s1. The van der Waals surface area contributed by atoms with Crippen LogP contribution in [0.3, 0.4) is 0 Å². The van der Waals surface area contributed by atoms with Gasteiger partial charge in [-0.25, -0.2) is 38.7 Å². The van der Waals surface area contributed by atoms with Gasteiger partial charge in [0.15, 0.2) is 51.1 Å². The van der Waals surface area contributed by atoms with Crippen LogP contribution in [-0.4, -0.2) is 204 Å². The lowest BCUT2D eigenvalue weighted by Crippen LogP contribution is -2.57. The zero-order chi connectivity index (χ0) is 89.0. The third kappa shape index (κ3) is 16.2. The van der Waals surface area contributed by atoms with Crippen molar-refractivity contribution in [3.05, 3.63) is 145 Å². The second-order valence-electron chi connectivity index (χ2n) is 34.9. The molecule has 648 valence electrons. The van der Waals surface area contributed by atoms with Crippen LogP contribution < -0.4 is 15.2 Å². The number of hydrogen-bond acceptors (Lipinski definition) is 33. The van der Waals surface area contributed by atoms with Crippen molar-refractivity contribution in [2.24, 2.45) is 33.0 Å². The number of nitrogens with two attached hydrogens (primary N) is 1. The Bertz CT molecular complexity index is 5360. The van der Waals surface area contributed by atoms with E-state index in [1.165, 1.54) is 28.8 Å². The predicted octanol–water partition coefficient (Wildman–Crippen LogP) is 8.55. The summed E-state index contributed by atoms with van der Waals surface area (Å²) in [7, 11) is 0. The lowest BCUT2D eigenvalue weighted by molar-refractivity contribution is -0.263. The van der Waals surface area contributed by atoms with Crippen molar-refractivity contribution in [3.63, 3.8) is 0 Å².